The van der Waals surface area contributed by atoms with Crippen molar-refractivity contribution < 1.29 is 9.21 Å². The number of nitrogens with zero attached hydrogens (tertiary/aromatic N) is 4. The topological polar surface area (TPSA) is 75.7 Å². The molecule has 0 radical (unpaired) electrons. The van der Waals surface area contributed by atoms with E-state index in [0.29, 0.717) is 29.3 Å². The number of nitrogens with one attached hydrogen (secondary N) is 1. The molecule has 0 bridgehead atoms. The van der Waals surface area contributed by atoms with Crippen molar-refractivity contribution in [1.29, 1.82) is 0 Å². The van der Waals surface area contributed by atoms with Crippen molar-refractivity contribution in [1.82, 2.24) is 19.5 Å². The quantitative estimate of drug-likeness (QED) is 0.421. The van der Waals surface area contributed by atoms with E-state index in [-0.39, 0.29) is 11.9 Å². The summed E-state index contributed by atoms with van der Waals surface area (Å²) >= 11 is 9.95. The number of carbonyl (C=O) groups excluding carboxylic acids is 1. The van der Waals surface area contributed by atoms with Gasteiger partial charge in [0.2, 0.25) is 0 Å². The largest absolute Gasteiger partial charge is 0.472 e. The van der Waals surface area contributed by atoms with Gasteiger partial charge in [0.15, 0.2) is 5.65 Å². The molecule has 3 aromatic heterocycles. The molecule has 1 saturated heterocycles. The highest BCUT2D eigenvalue weighted by atomic mass is 79.9. The van der Waals surface area contributed by atoms with Gasteiger partial charge in [-0.1, -0.05) is 29.8 Å². The monoisotopic (exact) mass is 499 g/mol. The van der Waals surface area contributed by atoms with Crippen LogP contribution in [0.5, 0.6) is 0 Å². The van der Waals surface area contributed by atoms with Crippen LogP contribution in [-0.4, -0.2) is 44.5 Å². The lowest BCUT2D eigenvalue weighted by atomic mass is 10.0. The smallest absolute Gasteiger partial charge is 0.257 e. The van der Waals surface area contributed by atoms with Gasteiger partial charge in [-0.3, -0.25) is 4.79 Å². The maximum Gasteiger partial charge on any atom is 0.257 e. The van der Waals surface area contributed by atoms with Gasteiger partial charge in [0.25, 0.3) is 5.91 Å². The molecule has 0 aliphatic carbocycles. The first kappa shape index (κ1) is 20.1. The maximum atomic E-state index is 12.5. The Morgan fingerprint density at radius 1 is 1.23 bits per heavy atom. The minimum Gasteiger partial charge on any atom is -0.472 e. The van der Waals surface area contributed by atoms with Crippen LogP contribution in [-0.2, 0) is 0 Å². The zero-order valence-corrected chi connectivity index (χ0v) is 18.8. The zero-order valence-electron chi connectivity index (χ0n) is 16.5. The van der Waals surface area contributed by atoms with Crippen LogP contribution < -0.4 is 5.32 Å². The molecule has 0 spiro atoms. The fourth-order valence-electron chi connectivity index (χ4n) is 3.85. The number of furan rings is 1. The molecule has 4 heterocycles. The summed E-state index contributed by atoms with van der Waals surface area (Å²) in [6.07, 6.45) is 6.41. The molecule has 9 heteroatoms. The maximum absolute atomic E-state index is 12.5. The molecular formula is C22H19BrClN5O2. The first-order valence-corrected chi connectivity index (χ1v) is 11.1. The normalized spacial score (nSPS) is 14.8. The average molecular weight is 501 g/mol. The van der Waals surface area contributed by atoms with Gasteiger partial charge in [-0.15, -0.1) is 0 Å². The zero-order chi connectivity index (χ0) is 21.4. The van der Waals surface area contributed by atoms with Crippen LogP contribution in [0.2, 0.25) is 5.02 Å². The molecule has 31 heavy (non-hydrogen) atoms. The van der Waals surface area contributed by atoms with Gasteiger partial charge in [0.1, 0.15) is 12.1 Å². The first-order chi connectivity index (χ1) is 15.1. The number of aromatic nitrogens is 3. The van der Waals surface area contributed by atoms with E-state index in [4.69, 9.17) is 21.0 Å². The fraction of sp³-hybridized carbons (Fsp3) is 0.227. The van der Waals surface area contributed by atoms with Gasteiger partial charge in [0, 0.05) is 35.8 Å². The minimum absolute atomic E-state index is 0.00974. The van der Waals surface area contributed by atoms with Gasteiger partial charge >= 0.3 is 0 Å². The molecule has 158 valence electrons. The molecule has 1 amide bonds. The van der Waals surface area contributed by atoms with Crippen molar-refractivity contribution in [2.45, 2.75) is 18.9 Å². The number of fused-ring (bicyclic) bond motifs is 1. The van der Waals surface area contributed by atoms with E-state index in [1.807, 2.05) is 35.2 Å². The highest BCUT2D eigenvalue weighted by molar-refractivity contribution is 9.10. The summed E-state index contributed by atoms with van der Waals surface area (Å²) in [5, 5.41) is 8.70. The van der Waals surface area contributed by atoms with Crippen LogP contribution in [0.3, 0.4) is 0 Å². The van der Waals surface area contributed by atoms with E-state index in [9.17, 15) is 4.79 Å². The predicted molar refractivity (Wildman–Crippen MR) is 122 cm³/mol. The number of carbonyl (C=O) groups is 1. The summed E-state index contributed by atoms with van der Waals surface area (Å²) < 4.78 is 7.63. The van der Waals surface area contributed by atoms with Crippen LogP contribution >= 0.6 is 27.5 Å². The van der Waals surface area contributed by atoms with E-state index < -0.39 is 0 Å². The average Bonchev–Trinajstić information content (AvgIpc) is 3.45. The van der Waals surface area contributed by atoms with Crippen molar-refractivity contribution in [2.75, 3.05) is 18.4 Å². The number of hydrogen-bond acceptors (Lipinski definition) is 5. The Kier molecular flexibility index (Phi) is 5.41. The molecule has 0 atom stereocenters. The Morgan fingerprint density at radius 3 is 2.77 bits per heavy atom. The van der Waals surface area contributed by atoms with E-state index in [2.05, 4.69) is 26.3 Å². The molecule has 0 unspecified atom stereocenters. The summed E-state index contributed by atoms with van der Waals surface area (Å²) in [6.45, 7) is 1.35. The van der Waals surface area contributed by atoms with E-state index in [0.717, 1.165) is 34.4 Å². The minimum atomic E-state index is 0.00974. The number of hydrogen-bond donors (Lipinski definition) is 1. The summed E-state index contributed by atoms with van der Waals surface area (Å²) in [4.78, 5) is 19.2. The Hall–Kier alpha value is -2.84. The lowest BCUT2D eigenvalue weighted by molar-refractivity contribution is 0.0717. The first-order valence-electron chi connectivity index (χ1n) is 9.97. The number of halogens is 2. The van der Waals surface area contributed by atoms with E-state index >= 15 is 0 Å². The molecule has 1 aliphatic heterocycles. The third-order valence-electron chi connectivity index (χ3n) is 5.48. The Morgan fingerprint density at radius 2 is 2.03 bits per heavy atom. The van der Waals surface area contributed by atoms with Crippen molar-refractivity contribution >= 4 is 44.9 Å². The standard InChI is InChI=1S/C22H19BrClN5O2/c23-17-12-25-29-20(11-19(27-21(17)29)16-3-1-2-4-18(16)24)26-15-5-8-28(9-6-15)22(30)14-7-10-31-13-14/h1-4,7,10-13,15,26H,5-6,8-9H2. The third-order valence-corrected chi connectivity index (χ3v) is 6.37. The van der Waals surface area contributed by atoms with Gasteiger partial charge in [-0.05, 0) is 40.9 Å². The number of piperidine rings is 1. The molecule has 7 nitrogen and oxygen atoms in total. The van der Waals surface area contributed by atoms with Crippen LogP contribution in [0, 0.1) is 0 Å². The molecule has 1 aromatic carbocycles. The highest BCUT2D eigenvalue weighted by Gasteiger charge is 2.25. The van der Waals surface area contributed by atoms with Gasteiger partial charge < -0.3 is 14.6 Å². The van der Waals surface area contributed by atoms with Crippen molar-refractivity contribution in [2.24, 2.45) is 0 Å². The fourth-order valence-corrected chi connectivity index (χ4v) is 4.43. The van der Waals surface area contributed by atoms with Gasteiger partial charge in [0.05, 0.1) is 28.2 Å². The second kappa shape index (κ2) is 8.36. The van der Waals surface area contributed by atoms with Crippen LogP contribution in [0.25, 0.3) is 16.9 Å². The molecular weight excluding hydrogens is 482 g/mol. The molecule has 1 fully saturated rings. The van der Waals surface area contributed by atoms with Crippen LogP contribution in [0.1, 0.15) is 23.2 Å². The number of benzene rings is 1. The van der Waals surface area contributed by atoms with Crippen molar-refractivity contribution in [3.63, 3.8) is 0 Å². The Labute approximate surface area is 192 Å². The summed E-state index contributed by atoms with van der Waals surface area (Å²) in [6, 6.07) is 11.5. The second-order valence-electron chi connectivity index (χ2n) is 7.46. The molecule has 1 aliphatic rings. The highest BCUT2D eigenvalue weighted by Crippen LogP contribution is 2.31. The SMILES string of the molecule is O=C(c1ccoc1)N1CCC(Nc2cc(-c3ccccc3Cl)nc3c(Br)cnn23)CC1. The molecule has 1 N–H and O–H groups in total. The predicted octanol–water partition coefficient (Wildman–Crippen LogP) is 5.12. The summed E-state index contributed by atoms with van der Waals surface area (Å²) in [5.41, 5.74) is 2.94. The summed E-state index contributed by atoms with van der Waals surface area (Å²) in [7, 11) is 0. The van der Waals surface area contributed by atoms with Crippen LogP contribution in [0.15, 0.2) is 64.0 Å². The Bertz CT molecular complexity index is 1230. The number of anilines is 1. The number of amides is 1. The lowest BCUT2D eigenvalue weighted by Crippen LogP contribution is -2.42. The summed E-state index contributed by atoms with van der Waals surface area (Å²) in [5.74, 6) is 0.848. The third kappa shape index (κ3) is 3.93. The lowest BCUT2D eigenvalue weighted by Gasteiger charge is -2.32. The van der Waals surface area contributed by atoms with Crippen LogP contribution in [0.4, 0.5) is 5.82 Å². The molecule has 0 saturated carbocycles. The number of rotatable bonds is 4. The van der Waals surface area contributed by atoms with Gasteiger partial charge in [-0.25, -0.2) is 4.98 Å². The molecule has 4 aromatic rings. The van der Waals surface area contributed by atoms with Crippen molar-refractivity contribution in [3.8, 4) is 11.3 Å². The van der Waals surface area contributed by atoms with E-state index in [1.54, 1.807) is 16.8 Å². The second-order valence-corrected chi connectivity index (χ2v) is 8.72. The molecule has 5 rings (SSSR count). The number of likely N-dealkylation sites (tertiary alicyclic amines) is 1. The van der Waals surface area contributed by atoms with Gasteiger partial charge in [-0.2, -0.15) is 9.61 Å². The van der Waals surface area contributed by atoms with Crippen molar-refractivity contribution in [3.05, 3.63) is 70.2 Å². The Balaban J connectivity index is 1.38. The van der Waals surface area contributed by atoms with E-state index in [1.165, 1.54) is 12.5 Å².